The highest BCUT2D eigenvalue weighted by Gasteiger charge is 2.32. The second-order valence-corrected chi connectivity index (χ2v) is 8.38. The Labute approximate surface area is 175 Å². The molecule has 0 bridgehead atoms. The Morgan fingerprint density at radius 1 is 1.20 bits per heavy atom. The van der Waals surface area contributed by atoms with Gasteiger partial charge in [-0.3, -0.25) is 19.2 Å². The van der Waals surface area contributed by atoms with Crippen LogP contribution in [0.1, 0.15) is 25.8 Å². The molecule has 9 nitrogen and oxygen atoms in total. The van der Waals surface area contributed by atoms with Crippen molar-refractivity contribution in [1.29, 1.82) is 0 Å². The van der Waals surface area contributed by atoms with Crippen LogP contribution in [0.2, 0.25) is 0 Å². The summed E-state index contributed by atoms with van der Waals surface area (Å²) in [6, 6.07) is 11.4. The number of carbonyl (C=O) groups is 1. The lowest BCUT2D eigenvalue weighted by atomic mass is 10.1. The first kappa shape index (κ1) is 23.1. The summed E-state index contributed by atoms with van der Waals surface area (Å²) in [6.45, 7) is 4.15. The Morgan fingerprint density at radius 2 is 1.90 bits per heavy atom. The molecule has 162 valence electrons. The number of nitro benzene ring substituents is 1. The molecule has 30 heavy (non-hydrogen) atoms. The molecule has 0 aliphatic heterocycles. The molecule has 0 aromatic heterocycles. The topological polar surface area (TPSA) is 119 Å². The number of rotatable bonds is 10. The molecule has 0 spiro atoms. The monoisotopic (exact) mass is 435 g/mol. The number of carbonyl (C=O) groups excluding carboxylic acids is 1. The van der Waals surface area contributed by atoms with Crippen molar-refractivity contribution in [3.8, 4) is 5.75 Å². The van der Waals surface area contributed by atoms with Crippen LogP contribution in [0.3, 0.4) is 0 Å². The molecular formula is C20H25N3O6S. The number of para-hydroxylation sites is 1. The van der Waals surface area contributed by atoms with Crippen LogP contribution in [0.5, 0.6) is 5.75 Å². The number of anilines is 1. The lowest BCUT2D eigenvalue weighted by molar-refractivity contribution is -0.384. The fourth-order valence-corrected chi connectivity index (χ4v) is 4.25. The first-order chi connectivity index (χ1) is 14.2. The summed E-state index contributed by atoms with van der Waals surface area (Å²) >= 11 is 0. The number of non-ortho nitro benzene ring substituents is 1. The van der Waals surface area contributed by atoms with E-state index in [1.807, 2.05) is 19.1 Å². The largest absolute Gasteiger partial charge is 0.494 e. The van der Waals surface area contributed by atoms with Crippen molar-refractivity contribution in [3.05, 3.63) is 64.2 Å². The maximum Gasteiger partial charge on any atom is 0.271 e. The first-order valence-corrected chi connectivity index (χ1v) is 11.3. The predicted octanol–water partition coefficient (Wildman–Crippen LogP) is 2.85. The highest BCUT2D eigenvalue weighted by atomic mass is 32.2. The Morgan fingerprint density at radius 3 is 2.50 bits per heavy atom. The van der Waals surface area contributed by atoms with Gasteiger partial charge in [0, 0.05) is 24.2 Å². The Balaban J connectivity index is 2.31. The number of sulfonamides is 1. The third kappa shape index (κ3) is 5.69. The molecule has 0 fully saturated rings. The SMILES string of the molecule is CCOc1ccccc1CNC(=O)C(CC)N(c1cccc([N+](=O)[O-])c1)S(C)(=O)=O. The van der Waals surface area contributed by atoms with Gasteiger partial charge in [-0.2, -0.15) is 0 Å². The van der Waals surface area contributed by atoms with Crippen LogP contribution >= 0.6 is 0 Å². The van der Waals surface area contributed by atoms with E-state index in [1.54, 1.807) is 19.1 Å². The van der Waals surface area contributed by atoms with Crippen molar-refractivity contribution in [3.63, 3.8) is 0 Å². The molecule has 1 N–H and O–H groups in total. The van der Waals surface area contributed by atoms with Crippen LogP contribution in [-0.2, 0) is 21.4 Å². The average molecular weight is 436 g/mol. The number of hydrogen-bond donors (Lipinski definition) is 1. The van der Waals surface area contributed by atoms with Gasteiger partial charge in [0.05, 0.1) is 23.5 Å². The van der Waals surface area contributed by atoms with Crippen molar-refractivity contribution in [2.24, 2.45) is 0 Å². The van der Waals surface area contributed by atoms with E-state index in [0.29, 0.717) is 12.4 Å². The Kier molecular flexibility index (Phi) is 7.76. The summed E-state index contributed by atoms with van der Waals surface area (Å²) in [7, 11) is -3.89. The molecule has 1 atom stereocenters. The van der Waals surface area contributed by atoms with Crippen LogP contribution in [-0.4, -0.2) is 38.2 Å². The predicted molar refractivity (Wildman–Crippen MR) is 114 cm³/mol. The molecule has 10 heteroatoms. The van der Waals surface area contributed by atoms with Crippen molar-refractivity contribution in [2.45, 2.75) is 32.9 Å². The normalized spacial score (nSPS) is 12.1. The summed E-state index contributed by atoms with van der Waals surface area (Å²) in [5.41, 5.74) is 0.550. The van der Waals surface area contributed by atoms with E-state index in [9.17, 15) is 23.3 Å². The number of benzene rings is 2. The van der Waals surface area contributed by atoms with Gasteiger partial charge in [-0.15, -0.1) is 0 Å². The van der Waals surface area contributed by atoms with Crippen LogP contribution in [0, 0.1) is 10.1 Å². The summed E-state index contributed by atoms with van der Waals surface area (Å²) in [5.74, 6) is 0.118. The Bertz CT molecular complexity index is 1010. The molecule has 0 saturated carbocycles. The van der Waals surface area contributed by atoms with E-state index in [0.717, 1.165) is 22.2 Å². The molecule has 2 aromatic rings. The van der Waals surface area contributed by atoms with Crippen LogP contribution in [0.4, 0.5) is 11.4 Å². The van der Waals surface area contributed by atoms with Gasteiger partial charge >= 0.3 is 0 Å². The quantitative estimate of drug-likeness (QED) is 0.453. The lowest BCUT2D eigenvalue weighted by Gasteiger charge is -2.30. The van der Waals surface area contributed by atoms with Gasteiger partial charge < -0.3 is 10.1 Å². The van der Waals surface area contributed by atoms with Crippen LogP contribution in [0.15, 0.2) is 48.5 Å². The van der Waals surface area contributed by atoms with Crippen molar-refractivity contribution in [2.75, 3.05) is 17.2 Å². The molecule has 2 rings (SSSR count). The number of nitrogens with zero attached hydrogens (tertiary/aromatic N) is 2. The zero-order valence-electron chi connectivity index (χ0n) is 17.1. The smallest absolute Gasteiger partial charge is 0.271 e. The minimum Gasteiger partial charge on any atom is -0.494 e. The first-order valence-electron chi connectivity index (χ1n) is 9.41. The molecule has 2 aromatic carbocycles. The van der Waals surface area contributed by atoms with Crippen molar-refractivity contribution < 1.29 is 22.9 Å². The van der Waals surface area contributed by atoms with Crippen LogP contribution < -0.4 is 14.4 Å². The zero-order valence-corrected chi connectivity index (χ0v) is 17.9. The van der Waals surface area contributed by atoms with E-state index in [4.69, 9.17) is 4.74 Å². The fraction of sp³-hybridized carbons (Fsp3) is 0.350. The van der Waals surface area contributed by atoms with E-state index < -0.39 is 26.9 Å². The minimum atomic E-state index is -3.89. The van der Waals surface area contributed by atoms with Gasteiger partial charge in [0.15, 0.2) is 0 Å². The molecule has 0 saturated heterocycles. The maximum absolute atomic E-state index is 12.9. The molecule has 0 radical (unpaired) electrons. The zero-order chi connectivity index (χ0) is 22.3. The van der Waals surface area contributed by atoms with E-state index in [1.165, 1.54) is 18.2 Å². The average Bonchev–Trinajstić information content (AvgIpc) is 2.70. The number of amides is 1. The summed E-state index contributed by atoms with van der Waals surface area (Å²) in [6.07, 6.45) is 1.14. The molecule has 1 amide bonds. The standard InChI is InChI=1S/C20H25N3O6S/c1-4-18(20(24)21-14-15-9-6-7-12-19(15)29-5-2)22(30(3,27)28)16-10-8-11-17(13-16)23(25)26/h6-13,18H,4-5,14H2,1-3H3,(H,21,24). The molecule has 1 unspecified atom stereocenters. The van der Waals surface area contributed by atoms with E-state index in [-0.39, 0.29) is 24.3 Å². The van der Waals surface area contributed by atoms with E-state index >= 15 is 0 Å². The third-order valence-electron chi connectivity index (χ3n) is 4.35. The maximum atomic E-state index is 12.9. The van der Waals surface area contributed by atoms with Gasteiger partial charge in [0.1, 0.15) is 11.8 Å². The van der Waals surface area contributed by atoms with Gasteiger partial charge in [0.2, 0.25) is 15.9 Å². The lowest BCUT2D eigenvalue weighted by Crippen LogP contribution is -2.49. The highest BCUT2D eigenvalue weighted by molar-refractivity contribution is 7.92. The Hall–Kier alpha value is -3.14. The van der Waals surface area contributed by atoms with Gasteiger partial charge in [-0.05, 0) is 25.5 Å². The third-order valence-corrected chi connectivity index (χ3v) is 5.53. The van der Waals surface area contributed by atoms with E-state index in [2.05, 4.69) is 5.32 Å². The highest BCUT2D eigenvalue weighted by Crippen LogP contribution is 2.26. The number of nitrogens with one attached hydrogen (secondary N) is 1. The number of hydrogen-bond acceptors (Lipinski definition) is 6. The van der Waals surface area contributed by atoms with Crippen LogP contribution in [0.25, 0.3) is 0 Å². The second kappa shape index (κ2) is 10.1. The minimum absolute atomic E-state index is 0.0587. The van der Waals surface area contributed by atoms with Gasteiger partial charge in [-0.1, -0.05) is 31.2 Å². The summed E-state index contributed by atoms with van der Waals surface area (Å²) in [4.78, 5) is 23.4. The fourth-order valence-electron chi connectivity index (χ4n) is 3.05. The van der Waals surface area contributed by atoms with Gasteiger partial charge in [0.25, 0.3) is 5.69 Å². The van der Waals surface area contributed by atoms with Crippen molar-refractivity contribution in [1.82, 2.24) is 5.32 Å². The molecule has 0 aliphatic rings. The molecule has 0 heterocycles. The number of nitro groups is 1. The summed E-state index contributed by atoms with van der Waals surface area (Å²) < 4.78 is 31.4. The molecular weight excluding hydrogens is 410 g/mol. The summed E-state index contributed by atoms with van der Waals surface area (Å²) in [5, 5.41) is 13.8. The van der Waals surface area contributed by atoms with Crippen molar-refractivity contribution >= 4 is 27.3 Å². The second-order valence-electron chi connectivity index (χ2n) is 6.52. The van der Waals surface area contributed by atoms with Gasteiger partial charge in [-0.25, -0.2) is 8.42 Å². The molecule has 0 aliphatic carbocycles. The number of ether oxygens (including phenoxy) is 1.